The van der Waals surface area contributed by atoms with Crippen LogP contribution >= 0.6 is 22.9 Å². The number of aromatic nitrogens is 1. The van der Waals surface area contributed by atoms with E-state index >= 15 is 0 Å². The van der Waals surface area contributed by atoms with Crippen molar-refractivity contribution in [2.24, 2.45) is 5.92 Å². The number of amides is 1. The maximum Gasteiger partial charge on any atom is 0.243 e. The minimum atomic E-state index is -3.57. The second kappa shape index (κ2) is 8.74. The lowest BCUT2D eigenvalue weighted by Crippen LogP contribution is -2.44. The second-order valence-corrected chi connectivity index (χ2v) is 11.8. The molecule has 3 aromatic rings. The first kappa shape index (κ1) is 21.8. The number of sulfonamides is 1. The lowest BCUT2D eigenvalue weighted by molar-refractivity contribution is -0.137. The van der Waals surface area contributed by atoms with Crippen molar-refractivity contribution in [3.63, 3.8) is 0 Å². The van der Waals surface area contributed by atoms with E-state index in [0.29, 0.717) is 31.0 Å². The van der Waals surface area contributed by atoms with Gasteiger partial charge in [0.2, 0.25) is 15.9 Å². The predicted molar refractivity (Wildman–Crippen MR) is 126 cm³/mol. The van der Waals surface area contributed by atoms with Crippen molar-refractivity contribution in [2.45, 2.75) is 36.6 Å². The van der Waals surface area contributed by atoms with Gasteiger partial charge in [0, 0.05) is 30.6 Å². The number of hydrogen-bond donors (Lipinski definition) is 0. The molecule has 2 aromatic carbocycles. The molecule has 0 saturated carbocycles. The fraction of sp³-hybridized carbons (Fsp3) is 0.391. The summed E-state index contributed by atoms with van der Waals surface area (Å²) in [5.74, 6) is -0.0167. The van der Waals surface area contributed by atoms with Crippen LogP contribution in [-0.2, 0) is 14.8 Å². The Balaban J connectivity index is 1.27. The zero-order chi connectivity index (χ0) is 22.3. The largest absolute Gasteiger partial charge is 0.333 e. The number of thiazole rings is 1. The molecule has 2 aliphatic heterocycles. The Labute approximate surface area is 196 Å². The van der Waals surface area contributed by atoms with Crippen LogP contribution < -0.4 is 0 Å². The van der Waals surface area contributed by atoms with Gasteiger partial charge in [-0.3, -0.25) is 4.79 Å². The second-order valence-electron chi connectivity index (χ2n) is 8.34. The number of piperidine rings is 1. The summed E-state index contributed by atoms with van der Waals surface area (Å²) in [6.07, 6.45) is 2.97. The number of nitrogens with zero attached hydrogens (tertiary/aromatic N) is 3. The van der Waals surface area contributed by atoms with Crippen LogP contribution in [0.15, 0.2) is 53.4 Å². The zero-order valence-corrected chi connectivity index (χ0v) is 19.9. The molecule has 1 amide bonds. The molecule has 2 fully saturated rings. The third-order valence-corrected chi connectivity index (χ3v) is 9.69. The van der Waals surface area contributed by atoms with E-state index in [0.717, 1.165) is 34.6 Å². The highest BCUT2D eigenvalue weighted by molar-refractivity contribution is 7.89. The Morgan fingerprint density at radius 3 is 2.44 bits per heavy atom. The molecule has 0 aliphatic carbocycles. The maximum absolute atomic E-state index is 13.4. The van der Waals surface area contributed by atoms with Crippen LogP contribution in [0.5, 0.6) is 0 Å². The molecule has 0 bridgehead atoms. The number of carbonyl (C=O) groups is 1. The molecule has 1 aromatic heterocycles. The van der Waals surface area contributed by atoms with Crippen molar-refractivity contribution in [2.75, 3.05) is 19.6 Å². The fourth-order valence-corrected chi connectivity index (χ4v) is 7.36. The van der Waals surface area contributed by atoms with Gasteiger partial charge < -0.3 is 4.90 Å². The Bertz CT molecular complexity index is 1200. The summed E-state index contributed by atoms with van der Waals surface area (Å²) in [4.78, 5) is 20.4. The van der Waals surface area contributed by atoms with Crippen LogP contribution in [0.4, 0.5) is 0 Å². The van der Waals surface area contributed by atoms with E-state index in [2.05, 4.69) is 6.07 Å². The molecule has 168 valence electrons. The molecule has 2 aliphatic rings. The van der Waals surface area contributed by atoms with Crippen molar-refractivity contribution in [1.82, 2.24) is 14.2 Å². The highest BCUT2D eigenvalue weighted by Crippen LogP contribution is 2.38. The minimum absolute atomic E-state index is 0.0238. The molecular formula is C23H24ClN3O3S2. The van der Waals surface area contributed by atoms with Gasteiger partial charge in [0.25, 0.3) is 0 Å². The van der Waals surface area contributed by atoms with E-state index in [4.69, 9.17) is 16.6 Å². The number of likely N-dealkylation sites (tertiary alicyclic amines) is 1. The van der Waals surface area contributed by atoms with Gasteiger partial charge in [0.15, 0.2) is 0 Å². The van der Waals surface area contributed by atoms with Gasteiger partial charge in [0.1, 0.15) is 5.01 Å². The number of benzene rings is 2. The van der Waals surface area contributed by atoms with E-state index in [1.165, 1.54) is 16.4 Å². The molecule has 0 N–H and O–H groups in total. The van der Waals surface area contributed by atoms with Crippen molar-refractivity contribution in [3.05, 3.63) is 58.6 Å². The summed E-state index contributed by atoms with van der Waals surface area (Å²) in [6.45, 7) is 1.44. The molecular weight excluding hydrogens is 466 g/mol. The average Bonchev–Trinajstić information content (AvgIpc) is 3.46. The van der Waals surface area contributed by atoms with Crippen molar-refractivity contribution < 1.29 is 13.2 Å². The number of para-hydroxylation sites is 1. The quantitative estimate of drug-likeness (QED) is 0.532. The number of halogens is 1. The van der Waals surface area contributed by atoms with Gasteiger partial charge in [-0.05, 0) is 62.1 Å². The molecule has 0 radical (unpaired) electrons. The van der Waals surface area contributed by atoms with Gasteiger partial charge >= 0.3 is 0 Å². The summed E-state index contributed by atoms with van der Waals surface area (Å²) in [5, 5.41) is 1.50. The SMILES string of the molecule is O=C(C1CCN(S(=O)(=O)c2ccc(Cl)cc2)CC1)N1CCCC1c1nc2ccccc2s1. The molecule has 32 heavy (non-hydrogen) atoms. The minimum Gasteiger partial charge on any atom is -0.333 e. The van der Waals surface area contributed by atoms with Gasteiger partial charge in [-0.2, -0.15) is 4.31 Å². The van der Waals surface area contributed by atoms with Crippen molar-refractivity contribution in [3.8, 4) is 0 Å². The van der Waals surface area contributed by atoms with Crippen LogP contribution in [-0.4, -0.2) is 48.1 Å². The van der Waals surface area contributed by atoms with E-state index in [9.17, 15) is 13.2 Å². The van der Waals surface area contributed by atoms with E-state index in [-0.39, 0.29) is 22.8 Å². The first-order chi connectivity index (χ1) is 15.4. The number of carbonyl (C=O) groups excluding carboxylic acids is 1. The van der Waals surface area contributed by atoms with Crippen molar-refractivity contribution in [1.29, 1.82) is 0 Å². The highest BCUT2D eigenvalue weighted by atomic mass is 35.5. The maximum atomic E-state index is 13.4. The predicted octanol–water partition coefficient (Wildman–Crippen LogP) is 4.71. The van der Waals surface area contributed by atoms with Gasteiger partial charge in [-0.15, -0.1) is 11.3 Å². The number of fused-ring (bicyclic) bond motifs is 1. The van der Waals surface area contributed by atoms with Gasteiger partial charge in [-0.25, -0.2) is 13.4 Å². The van der Waals surface area contributed by atoms with Gasteiger partial charge in [-0.1, -0.05) is 23.7 Å². The zero-order valence-electron chi connectivity index (χ0n) is 17.5. The summed E-state index contributed by atoms with van der Waals surface area (Å²) < 4.78 is 28.5. The van der Waals surface area contributed by atoms with E-state index in [1.807, 2.05) is 23.1 Å². The third-order valence-electron chi connectivity index (χ3n) is 6.39. The van der Waals surface area contributed by atoms with Crippen LogP contribution in [0.2, 0.25) is 5.02 Å². The lowest BCUT2D eigenvalue weighted by Gasteiger charge is -2.34. The molecule has 5 rings (SSSR count). The first-order valence-corrected chi connectivity index (χ1v) is 13.5. The summed E-state index contributed by atoms with van der Waals surface area (Å²) in [5.41, 5.74) is 0.979. The third kappa shape index (κ3) is 4.05. The number of hydrogen-bond acceptors (Lipinski definition) is 5. The van der Waals surface area contributed by atoms with E-state index < -0.39 is 10.0 Å². The van der Waals surface area contributed by atoms with Crippen LogP contribution in [0.1, 0.15) is 36.7 Å². The monoisotopic (exact) mass is 489 g/mol. The molecule has 0 spiro atoms. The Morgan fingerprint density at radius 2 is 1.72 bits per heavy atom. The van der Waals surface area contributed by atoms with Crippen molar-refractivity contribution >= 4 is 49.1 Å². The summed E-state index contributed by atoms with van der Waals surface area (Å²) in [7, 11) is -3.57. The Kier molecular flexibility index (Phi) is 5.96. The van der Waals surface area contributed by atoms with Gasteiger partial charge in [0.05, 0.1) is 21.2 Å². The van der Waals surface area contributed by atoms with Crippen LogP contribution in [0.3, 0.4) is 0 Å². The van der Waals surface area contributed by atoms with Crippen LogP contribution in [0, 0.1) is 5.92 Å². The number of rotatable bonds is 4. The molecule has 3 heterocycles. The molecule has 6 nitrogen and oxygen atoms in total. The summed E-state index contributed by atoms with van der Waals surface area (Å²) in [6, 6.07) is 14.3. The Morgan fingerprint density at radius 1 is 1.00 bits per heavy atom. The average molecular weight is 490 g/mol. The van der Waals surface area contributed by atoms with Crippen LogP contribution in [0.25, 0.3) is 10.2 Å². The fourth-order valence-electron chi connectivity index (χ4n) is 4.65. The Hall–Kier alpha value is -2.00. The molecule has 1 unspecified atom stereocenters. The van der Waals surface area contributed by atoms with E-state index in [1.54, 1.807) is 23.5 Å². The molecule has 1 atom stereocenters. The topological polar surface area (TPSA) is 70.6 Å². The lowest BCUT2D eigenvalue weighted by atomic mass is 9.96. The standard InChI is InChI=1S/C23H24ClN3O3S2/c24-17-7-9-18(10-8-17)32(29,30)26-14-11-16(12-15-26)23(28)27-13-3-5-20(27)22-25-19-4-1-2-6-21(19)31-22/h1-2,4,6-10,16,20H,3,5,11-15H2. The molecule has 2 saturated heterocycles. The highest BCUT2D eigenvalue weighted by Gasteiger charge is 2.38. The smallest absolute Gasteiger partial charge is 0.243 e. The summed E-state index contributed by atoms with van der Waals surface area (Å²) >= 11 is 7.55. The normalized spacial score (nSPS) is 20.8. The molecule has 9 heteroatoms. The first-order valence-electron chi connectivity index (χ1n) is 10.8.